The second kappa shape index (κ2) is 7.72. The molecule has 5 nitrogen and oxygen atoms in total. The number of anilines is 1. The molecule has 0 spiro atoms. The van der Waals surface area contributed by atoms with Crippen LogP contribution in [0.3, 0.4) is 0 Å². The summed E-state index contributed by atoms with van der Waals surface area (Å²) < 4.78 is 12.7. The molecular weight excluding hydrogens is 402 g/mol. The fraction of sp³-hybridized carbons (Fsp3) is 0.286. The first-order chi connectivity index (χ1) is 10.1. The van der Waals surface area contributed by atoms with Crippen molar-refractivity contribution in [3.63, 3.8) is 0 Å². The Kier molecular flexibility index (Phi) is 5.96. The van der Waals surface area contributed by atoms with Gasteiger partial charge in [0.05, 0.1) is 4.47 Å². The minimum Gasteiger partial charge on any atom is -0.438 e. The summed E-state index contributed by atoms with van der Waals surface area (Å²) in [6.07, 6.45) is 0. The number of hydrogen-bond donors (Lipinski definition) is 1. The quantitative estimate of drug-likeness (QED) is 0.757. The minimum absolute atomic E-state index is 0.330. The van der Waals surface area contributed by atoms with E-state index >= 15 is 0 Å². The molecule has 0 saturated carbocycles. The Hall–Kier alpha value is -1.18. The van der Waals surface area contributed by atoms with Gasteiger partial charge < -0.3 is 14.8 Å². The number of hydrogen-bond acceptors (Lipinski definition) is 5. The van der Waals surface area contributed by atoms with Gasteiger partial charge in [0.25, 0.3) is 0 Å². The van der Waals surface area contributed by atoms with Crippen LogP contribution in [0.5, 0.6) is 11.6 Å². The van der Waals surface area contributed by atoms with E-state index in [0.717, 1.165) is 15.5 Å². The SMILES string of the molecule is CCNc1cc(Oc2ccc(Br)cc2Br)nc(COC)n1. The zero-order valence-electron chi connectivity index (χ0n) is 11.7. The maximum absolute atomic E-state index is 5.82. The van der Waals surface area contributed by atoms with Crippen molar-refractivity contribution in [2.45, 2.75) is 13.5 Å². The second-order valence-corrected chi connectivity index (χ2v) is 5.92. The zero-order valence-corrected chi connectivity index (χ0v) is 14.9. The first kappa shape index (κ1) is 16.2. The normalized spacial score (nSPS) is 10.5. The topological polar surface area (TPSA) is 56.3 Å². The molecule has 1 N–H and O–H groups in total. The van der Waals surface area contributed by atoms with Crippen LogP contribution in [-0.2, 0) is 11.3 Å². The maximum Gasteiger partial charge on any atom is 0.224 e. The number of nitrogens with zero attached hydrogens (tertiary/aromatic N) is 2. The van der Waals surface area contributed by atoms with Gasteiger partial charge in [-0.3, -0.25) is 0 Å². The van der Waals surface area contributed by atoms with Crippen LogP contribution in [0.4, 0.5) is 5.82 Å². The third kappa shape index (κ3) is 4.66. The van der Waals surface area contributed by atoms with Gasteiger partial charge in [0.15, 0.2) is 5.82 Å². The molecule has 2 aromatic rings. The van der Waals surface area contributed by atoms with Crippen LogP contribution >= 0.6 is 31.9 Å². The lowest BCUT2D eigenvalue weighted by Crippen LogP contribution is -2.05. The van der Waals surface area contributed by atoms with Crippen LogP contribution in [0.1, 0.15) is 12.7 Å². The second-order valence-electron chi connectivity index (χ2n) is 4.15. The molecule has 1 heterocycles. The molecule has 0 fully saturated rings. The Morgan fingerprint density at radius 2 is 2.00 bits per heavy atom. The predicted molar refractivity (Wildman–Crippen MR) is 88.8 cm³/mol. The van der Waals surface area contributed by atoms with E-state index in [1.165, 1.54) is 0 Å². The van der Waals surface area contributed by atoms with E-state index in [1.54, 1.807) is 13.2 Å². The number of nitrogens with one attached hydrogen (secondary N) is 1. The number of halogens is 2. The summed E-state index contributed by atoms with van der Waals surface area (Å²) in [6, 6.07) is 7.44. The van der Waals surface area contributed by atoms with Crippen molar-refractivity contribution in [1.82, 2.24) is 9.97 Å². The Labute approximate surface area is 140 Å². The molecule has 0 aliphatic heterocycles. The lowest BCUT2D eigenvalue weighted by molar-refractivity contribution is 0.177. The van der Waals surface area contributed by atoms with E-state index in [9.17, 15) is 0 Å². The standard InChI is InChI=1S/C14H15Br2N3O2/c1-3-17-12-7-14(19-13(18-12)8-20-2)21-11-5-4-9(15)6-10(11)16/h4-7H,3,8H2,1-2H3,(H,17,18,19). The molecule has 0 amide bonds. The molecule has 112 valence electrons. The van der Waals surface area contributed by atoms with Crippen molar-refractivity contribution in [1.29, 1.82) is 0 Å². The first-order valence-corrected chi connectivity index (χ1v) is 7.94. The average Bonchev–Trinajstić information content (AvgIpc) is 2.42. The van der Waals surface area contributed by atoms with E-state index in [0.29, 0.717) is 29.9 Å². The predicted octanol–water partition coefficient (Wildman–Crippen LogP) is 4.37. The molecular formula is C14H15Br2N3O2. The van der Waals surface area contributed by atoms with Crippen LogP contribution in [0.2, 0.25) is 0 Å². The van der Waals surface area contributed by atoms with Gasteiger partial charge in [-0.25, -0.2) is 4.98 Å². The van der Waals surface area contributed by atoms with Crippen molar-refractivity contribution >= 4 is 37.7 Å². The zero-order chi connectivity index (χ0) is 15.2. The largest absolute Gasteiger partial charge is 0.438 e. The fourth-order valence-corrected chi connectivity index (χ4v) is 2.79. The molecule has 7 heteroatoms. The molecule has 0 aliphatic carbocycles. The Bertz CT molecular complexity index is 599. The molecule has 0 unspecified atom stereocenters. The molecule has 21 heavy (non-hydrogen) atoms. The van der Waals surface area contributed by atoms with Gasteiger partial charge in [-0.15, -0.1) is 0 Å². The molecule has 0 atom stereocenters. The van der Waals surface area contributed by atoms with Gasteiger partial charge in [-0.2, -0.15) is 4.98 Å². The highest BCUT2D eigenvalue weighted by Gasteiger charge is 2.09. The van der Waals surface area contributed by atoms with E-state index in [4.69, 9.17) is 9.47 Å². The molecule has 2 rings (SSSR count). The van der Waals surface area contributed by atoms with Gasteiger partial charge in [0, 0.05) is 24.2 Å². The highest BCUT2D eigenvalue weighted by atomic mass is 79.9. The smallest absolute Gasteiger partial charge is 0.224 e. The minimum atomic E-state index is 0.330. The molecule has 0 bridgehead atoms. The van der Waals surface area contributed by atoms with Crippen LogP contribution < -0.4 is 10.1 Å². The first-order valence-electron chi connectivity index (χ1n) is 6.36. The fourth-order valence-electron chi connectivity index (χ4n) is 1.66. The summed E-state index contributed by atoms with van der Waals surface area (Å²) in [5.41, 5.74) is 0. The highest BCUT2D eigenvalue weighted by molar-refractivity contribution is 9.11. The molecule has 0 radical (unpaired) electrons. The van der Waals surface area contributed by atoms with Crippen molar-refractivity contribution in [3.05, 3.63) is 39.0 Å². The van der Waals surface area contributed by atoms with Crippen LogP contribution in [0.15, 0.2) is 33.2 Å². The molecule has 1 aromatic carbocycles. The summed E-state index contributed by atoms with van der Waals surface area (Å²) in [5, 5.41) is 3.15. The summed E-state index contributed by atoms with van der Waals surface area (Å²) in [6.45, 7) is 3.10. The summed E-state index contributed by atoms with van der Waals surface area (Å²) in [4.78, 5) is 8.68. The van der Waals surface area contributed by atoms with E-state index in [2.05, 4.69) is 47.1 Å². The summed E-state index contributed by atoms with van der Waals surface area (Å²) >= 11 is 6.87. The third-order valence-electron chi connectivity index (χ3n) is 2.49. The third-order valence-corrected chi connectivity index (χ3v) is 3.60. The van der Waals surface area contributed by atoms with Crippen LogP contribution in [0, 0.1) is 0 Å². The summed E-state index contributed by atoms with van der Waals surface area (Å²) in [7, 11) is 1.61. The van der Waals surface area contributed by atoms with Gasteiger partial charge in [-0.05, 0) is 41.1 Å². The number of aromatic nitrogens is 2. The van der Waals surface area contributed by atoms with E-state index in [1.807, 2.05) is 25.1 Å². The van der Waals surface area contributed by atoms with Gasteiger partial charge in [0.1, 0.15) is 18.2 Å². The maximum atomic E-state index is 5.82. The average molecular weight is 417 g/mol. The van der Waals surface area contributed by atoms with Crippen molar-refractivity contribution < 1.29 is 9.47 Å². The van der Waals surface area contributed by atoms with Crippen molar-refractivity contribution in [2.24, 2.45) is 0 Å². The molecule has 0 saturated heterocycles. The Morgan fingerprint density at radius 1 is 1.19 bits per heavy atom. The monoisotopic (exact) mass is 415 g/mol. The Morgan fingerprint density at radius 3 is 2.67 bits per heavy atom. The Balaban J connectivity index is 2.29. The van der Waals surface area contributed by atoms with Gasteiger partial charge in [0.2, 0.25) is 5.88 Å². The summed E-state index contributed by atoms with van der Waals surface area (Å²) in [5.74, 6) is 2.43. The van der Waals surface area contributed by atoms with Gasteiger partial charge in [-0.1, -0.05) is 15.9 Å². The highest BCUT2D eigenvalue weighted by Crippen LogP contribution is 2.31. The van der Waals surface area contributed by atoms with Crippen molar-refractivity contribution in [2.75, 3.05) is 19.0 Å². The lowest BCUT2D eigenvalue weighted by atomic mass is 10.3. The molecule has 1 aromatic heterocycles. The van der Waals surface area contributed by atoms with Crippen molar-refractivity contribution in [3.8, 4) is 11.6 Å². The molecule has 0 aliphatic rings. The number of methoxy groups -OCH3 is 1. The number of ether oxygens (including phenoxy) is 2. The van der Waals surface area contributed by atoms with Crippen LogP contribution in [-0.4, -0.2) is 23.6 Å². The number of rotatable bonds is 6. The number of benzene rings is 1. The van der Waals surface area contributed by atoms with E-state index < -0.39 is 0 Å². The lowest BCUT2D eigenvalue weighted by Gasteiger charge is -2.11. The van der Waals surface area contributed by atoms with Gasteiger partial charge >= 0.3 is 0 Å². The van der Waals surface area contributed by atoms with E-state index in [-0.39, 0.29) is 0 Å². The van der Waals surface area contributed by atoms with Crippen LogP contribution in [0.25, 0.3) is 0 Å².